The molecular weight excluding hydrogens is 336 g/mol. The van der Waals surface area contributed by atoms with Crippen molar-refractivity contribution >= 4 is 17.6 Å². The van der Waals surface area contributed by atoms with Gasteiger partial charge < -0.3 is 10.2 Å². The molecule has 2 atom stereocenters. The molecule has 2 unspecified atom stereocenters. The van der Waals surface area contributed by atoms with Gasteiger partial charge in [0.15, 0.2) is 0 Å². The van der Waals surface area contributed by atoms with E-state index >= 15 is 0 Å². The topological polar surface area (TPSA) is 50.2 Å². The fourth-order valence-electron chi connectivity index (χ4n) is 4.17. The summed E-state index contributed by atoms with van der Waals surface area (Å²) in [5, 5.41) is 8.14. The Balaban J connectivity index is 1.43. The van der Waals surface area contributed by atoms with Gasteiger partial charge in [-0.05, 0) is 29.4 Å². The minimum atomic E-state index is 0.0123. The number of nitrogens with one attached hydrogen (secondary N) is 1. The summed E-state index contributed by atoms with van der Waals surface area (Å²) in [6.07, 6.45) is 5.30. The molecule has 6 heteroatoms. The van der Waals surface area contributed by atoms with E-state index in [-0.39, 0.29) is 23.5 Å². The van der Waals surface area contributed by atoms with Gasteiger partial charge in [0.2, 0.25) is 0 Å². The molecule has 4 rings (SSSR count). The van der Waals surface area contributed by atoms with E-state index in [4.69, 9.17) is 11.6 Å². The van der Waals surface area contributed by atoms with Crippen LogP contribution in [0.15, 0.2) is 36.7 Å². The number of amides is 2. The molecule has 1 fully saturated rings. The van der Waals surface area contributed by atoms with Crippen LogP contribution in [0.5, 0.6) is 0 Å². The predicted octanol–water partition coefficient (Wildman–Crippen LogP) is 3.92. The molecule has 25 heavy (non-hydrogen) atoms. The lowest BCUT2D eigenvalue weighted by molar-refractivity contribution is 0.201. The molecule has 1 aromatic carbocycles. The zero-order valence-corrected chi connectivity index (χ0v) is 15.3. The monoisotopic (exact) mass is 358 g/mol. The van der Waals surface area contributed by atoms with Crippen LogP contribution in [0.25, 0.3) is 0 Å². The summed E-state index contributed by atoms with van der Waals surface area (Å²) < 4.78 is 1.86. The van der Waals surface area contributed by atoms with E-state index in [0.29, 0.717) is 11.6 Å². The standard InChI is InChI=1S/C19H23ClN4O/c1-19(2)9-17(15-5-3-4-6-16(15)19)22-18(25)23-8-7-14(12-23)24-11-13(20)10-21-24/h3-6,10-11,14,17H,7-9,12H2,1-2H3,(H,22,25). The largest absolute Gasteiger partial charge is 0.331 e. The molecule has 0 bridgehead atoms. The Morgan fingerprint density at radius 2 is 2.16 bits per heavy atom. The fourth-order valence-corrected chi connectivity index (χ4v) is 4.32. The minimum absolute atomic E-state index is 0.0123. The molecule has 132 valence electrons. The third kappa shape index (κ3) is 3.01. The van der Waals surface area contributed by atoms with Crippen molar-refractivity contribution in [2.45, 2.75) is 44.2 Å². The van der Waals surface area contributed by atoms with Crippen LogP contribution in [0.2, 0.25) is 5.02 Å². The predicted molar refractivity (Wildman–Crippen MR) is 97.8 cm³/mol. The Bertz CT molecular complexity index is 800. The van der Waals surface area contributed by atoms with Crippen LogP contribution < -0.4 is 5.32 Å². The number of aromatic nitrogens is 2. The van der Waals surface area contributed by atoms with Gasteiger partial charge in [-0.25, -0.2) is 4.79 Å². The van der Waals surface area contributed by atoms with Crippen molar-refractivity contribution in [1.82, 2.24) is 20.0 Å². The van der Waals surface area contributed by atoms with Gasteiger partial charge in [0.1, 0.15) is 0 Å². The molecule has 0 radical (unpaired) electrons. The average Bonchev–Trinajstić information content (AvgIpc) is 3.27. The molecule has 5 nitrogen and oxygen atoms in total. The molecular formula is C19H23ClN4O. The van der Waals surface area contributed by atoms with E-state index in [1.807, 2.05) is 21.8 Å². The highest BCUT2D eigenvalue weighted by Crippen LogP contribution is 2.44. The van der Waals surface area contributed by atoms with E-state index in [1.165, 1.54) is 11.1 Å². The SMILES string of the molecule is CC1(C)CC(NC(=O)N2CCC(n3cc(Cl)cn3)C2)c2ccccc21. The van der Waals surface area contributed by atoms with Gasteiger partial charge in [-0.15, -0.1) is 0 Å². The summed E-state index contributed by atoms with van der Waals surface area (Å²) >= 11 is 5.95. The molecule has 1 N–H and O–H groups in total. The first kappa shape index (κ1) is 16.5. The Morgan fingerprint density at radius 3 is 2.92 bits per heavy atom. The zero-order chi connectivity index (χ0) is 17.6. The zero-order valence-electron chi connectivity index (χ0n) is 14.6. The molecule has 2 amide bonds. The number of halogens is 1. The number of hydrogen-bond acceptors (Lipinski definition) is 2. The normalized spacial score (nSPS) is 24.4. The molecule has 1 aliphatic heterocycles. The number of likely N-dealkylation sites (tertiary alicyclic amines) is 1. The second-order valence-corrected chi connectivity index (χ2v) is 8.14. The van der Waals surface area contributed by atoms with Crippen LogP contribution in [0, 0.1) is 0 Å². The maximum Gasteiger partial charge on any atom is 0.317 e. The summed E-state index contributed by atoms with van der Waals surface area (Å²) in [6.45, 7) is 5.89. The fraction of sp³-hybridized carbons (Fsp3) is 0.474. The molecule has 1 saturated heterocycles. The molecule has 1 aliphatic carbocycles. The lowest BCUT2D eigenvalue weighted by Crippen LogP contribution is -2.40. The lowest BCUT2D eigenvalue weighted by Gasteiger charge is -2.23. The van der Waals surface area contributed by atoms with Gasteiger partial charge >= 0.3 is 6.03 Å². The summed E-state index contributed by atoms with van der Waals surface area (Å²) in [7, 11) is 0. The van der Waals surface area contributed by atoms with Crippen molar-refractivity contribution < 1.29 is 4.79 Å². The number of urea groups is 1. The van der Waals surface area contributed by atoms with E-state index in [0.717, 1.165) is 19.4 Å². The van der Waals surface area contributed by atoms with Crippen LogP contribution in [0.3, 0.4) is 0 Å². The summed E-state index contributed by atoms with van der Waals surface area (Å²) in [6, 6.07) is 8.72. The summed E-state index contributed by atoms with van der Waals surface area (Å²) in [4.78, 5) is 14.6. The van der Waals surface area contributed by atoms with Gasteiger partial charge in [0.25, 0.3) is 0 Å². The van der Waals surface area contributed by atoms with Crippen molar-refractivity contribution in [2.75, 3.05) is 13.1 Å². The highest BCUT2D eigenvalue weighted by Gasteiger charge is 2.38. The van der Waals surface area contributed by atoms with Crippen molar-refractivity contribution in [3.8, 4) is 0 Å². The Kier molecular flexibility index (Phi) is 3.99. The number of nitrogens with zero attached hydrogens (tertiary/aromatic N) is 3. The molecule has 2 heterocycles. The van der Waals surface area contributed by atoms with Crippen LogP contribution in [-0.4, -0.2) is 33.8 Å². The Labute approximate surface area is 153 Å². The first-order valence-corrected chi connectivity index (χ1v) is 9.16. The molecule has 0 saturated carbocycles. The van der Waals surface area contributed by atoms with Gasteiger partial charge in [0, 0.05) is 19.3 Å². The number of fused-ring (bicyclic) bond motifs is 1. The van der Waals surface area contributed by atoms with Gasteiger partial charge in [-0.2, -0.15) is 5.10 Å². The van der Waals surface area contributed by atoms with Crippen molar-refractivity contribution in [2.24, 2.45) is 0 Å². The Hall–Kier alpha value is -2.01. The highest BCUT2D eigenvalue weighted by atomic mass is 35.5. The smallest absolute Gasteiger partial charge is 0.317 e. The maximum atomic E-state index is 12.8. The molecule has 2 aromatic rings. The van der Waals surface area contributed by atoms with E-state index in [2.05, 4.69) is 42.5 Å². The van der Waals surface area contributed by atoms with Crippen LogP contribution >= 0.6 is 11.6 Å². The number of carbonyl (C=O) groups is 1. The molecule has 2 aliphatic rings. The van der Waals surface area contributed by atoms with E-state index in [1.54, 1.807) is 6.20 Å². The first-order valence-electron chi connectivity index (χ1n) is 8.78. The number of rotatable bonds is 2. The number of hydrogen-bond donors (Lipinski definition) is 1. The molecule has 1 aromatic heterocycles. The number of benzene rings is 1. The summed E-state index contributed by atoms with van der Waals surface area (Å²) in [5.74, 6) is 0. The van der Waals surface area contributed by atoms with Gasteiger partial charge in [0.05, 0.1) is 23.3 Å². The second kappa shape index (κ2) is 6.06. The third-order valence-corrected chi connectivity index (χ3v) is 5.67. The third-order valence-electron chi connectivity index (χ3n) is 5.47. The van der Waals surface area contributed by atoms with Crippen molar-refractivity contribution in [3.63, 3.8) is 0 Å². The van der Waals surface area contributed by atoms with E-state index < -0.39 is 0 Å². The van der Waals surface area contributed by atoms with Crippen LogP contribution in [0.4, 0.5) is 4.79 Å². The van der Waals surface area contributed by atoms with Crippen LogP contribution in [-0.2, 0) is 5.41 Å². The van der Waals surface area contributed by atoms with Crippen LogP contribution in [0.1, 0.15) is 49.9 Å². The average molecular weight is 359 g/mol. The summed E-state index contributed by atoms with van der Waals surface area (Å²) in [5.41, 5.74) is 2.68. The van der Waals surface area contributed by atoms with Crippen molar-refractivity contribution in [1.29, 1.82) is 0 Å². The minimum Gasteiger partial charge on any atom is -0.331 e. The van der Waals surface area contributed by atoms with Gasteiger partial charge in [-0.1, -0.05) is 49.7 Å². The molecule has 0 spiro atoms. The first-order chi connectivity index (χ1) is 11.9. The lowest BCUT2D eigenvalue weighted by atomic mass is 9.86. The quantitative estimate of drug-likeness (QED) is 0.884. The Morgan fingerprint density at radius 1 is 1.36 bits per heavy atom. The van der Waals surface area contributed by atoms with E-state index in [9.17, 15) is 4.79 Å². The highest BCUT2D eigenvalue weighted by molar-refractivity contribution is 6.30. The van der Waals surface area contributed by atoms with Gasteiger partial charge in [-0.3, -0.25) is 4.68 Å². The number of carbonyl (C=O) groups excluding carboxylic acids is 1. The van der Waals surface area contributed by atoms with Crippen molar-refractivity contribution in [3.05, 3.63) is 52.8 Å². The second-order valence-electron chi connectivity index (χ2n) is 7.70. The maximum absolute atomic E-state index is 12.8.